The van der Waals surface area contributed by atoms with Gasteiger partial charge in [-0.1, -0.05) is 20.3 Å². The normalized spacial score (nSPS) is 32.6. The first-order chi connectivity index (χ1) is 9.13. The molecule has 3 aliphatic rings. The van der Waals surface area contributed by atoms with Crippen LogP contribution in [0, 0.1) is 23.7 Å². The van der Waals surface area contributed by atoms with E-state index >= 15 is 0 Å². The minimum atomic E-state index is 0.321. The molecule has 1 N–H and O–H groups in total. The average molecular weight is 264 g/mol. The summed E-state index contributed by atoms with van der Waals surface area (Å²) in [5.41, 5.74) is 0. The second kappa shape index (κ2) is 5.43. The molecule has 3 fully saturated rings. The maximum Gasteiger partial charge on any atom is 0.223 e. The molecule has 3 heteroatoms. The van der Waals surface area contributed by atoms with E-state index in [0.29, 0.717) is 29.7 Å². The first-order valence-electron chi connectivity index (χ1n) is 8.16. The lowest BCUT2D eigenvalue weighted by Gasteiger charge is -2.30. The maximum atomic E-state index is 12.0. The fourth-order valence-corrected chi connectivity index (χ4v) is 3.58. The Hall–Kier alpha value is -0.570. The van der Waals surface area contributed by atoms with Crippen LogP contribution in [-0.2, 0) is 4.79 Å². The van der Waals surface area contributed by atoms with Crippen molar-refractivity contribution in [3.63, 3.8) is 0 Å². The Kier molecular flexibility index (Phi) is 3.84. The molecule has 0 radical (unpaired) electrons. The van der Waals surface area contributed by atoms with E-state index in [0.717, 1.165) is 25.3 Å². The number of nitrogens with zero attached hydrogens (tertiary/aromatic N) is 1. The van der Waals surface area contributed by atoms with Gasteiger partial charge < -0.3 is 10.2 Å². The van der Waals surface area contributed by atoms with Gasteiger partial charge in [-0.2, -0.15) is 0 Å². The van der Waals surface area contributed by atoms with Gasteiger partial charge in [-0.05, 0) is 43.4 Å². The Morgan fingerprint density at radius 1 is 1.21 bits per heavy atom. The number of hydrogen-bond acceptors (Lipinski definition) is 2. The minimum absolute atomic E-state index is 0.321. The van der Waals surface area contributed by atoms with Crippen LogP contribution < -0.4 is 5.32 Å². The summed E-state index contributed by atoms with van der Waals surface area (Å²) in [6.07, 6.45) is 6.48. The van der Waals surface area contributed by atoms with Gasteiger partial charge >= 0.3 is 0 Å². The van der Waals surface area contributed by atoms with E-state index in [1.165, 1.54) is 32.4 Å². The van der Waals surface area contributed by atoms with Gasteiger partial charge in [0.25, 0.3) is 0 Å². The van der Waals surface area contributed by atoms with Gasteiger partial charge in [0.05, 0.1) is 0 Å². The van der Waals surface area contributed by atoms with Gasteiger partial charge in [-0.3, -0.25) is 4.79 Å². The monoisotopic (exact) mass is 264 g/mol. The highest BCUT2D eigenvalue weighted by atomic mass is 16.2. The van der Waals surface area contributed by atoms with Crippen LogP contribution >= 0.6 is 0 Å². The van der Waals surface area contributed by atoms with Crippen molar-refractivity contribution in [3.8, 4) is 0 Å². The zero-order chi connectivity index (χ0) is 13.4. The highest BCUT2D eigenvalue weighted by Gasteiger charge is 2.39. The molecule has 1 amide bonds. The smallest absolute Gasteiger partial charge is 0.223 e. The molecule has 108 valence electrons. The molecule has 0 aromatic rings. The number of carbonyl (C=O) groups is 1. The van der Waals surface area contributed by atoms with Crippen molar-refractivity contribution in [2.24, 2.45) is 23.7 Å². The molecular formula is C16H28N2O. The lowest BCUT2D eigenvalue weighted by Crippen LogP contribution is -2.42. The third-order valence-electron chi connectivity index (χ3n) is 5.31. The summed E-state index contributed by atoms with van der Waals surface area (Å²) in [5, 5.41) is 3.33. The van der Waals surface area contributed by atoms with Gasteiger partial charge in [0, 0.05) is 31.6 Å². The molecule has 1 aliphatic heterocycles. The molecule has 0 spiro atoms. The number of amides is 1. The van der Waals surface area contributed by atoms with Crippen LogP contribution in [0.15, 0.2) is 0 Å². The quantitative estimate of drug-likeness (QED) is 0.826. The molecule has 2 aliphatic carbocycles. The number of likely N-dealkylation sites (tertiary alicyclic amines) is 1. The van der Waals surface area contributed by atoms with Crippen molar-refractivity contribution >= 4 is 5.91 Å². The Labute approximate surface area is 117 Å². The van der Waals surface area contributed by atoms with Crippen molar-refractivity contribution in [3.05, 3.63) is 0 Å². The number of carbonyl (C=O) groups excluding carboxylic acids is 1. The van der Waals surface area contributed by atoms with Crippen LogP contribution in [0.25, 0.3) is 0 Å². The standard InChI is InChI=1S/C16H28N2O/c1-11(2)14-9-18(8-12-4-3-5-12)10-15(14)17-16(19)13-6-7-13/h11-15H,3-10H2,1-2H3,(H,17,19)/t14-,15+/m0/s1. The summed E-state index contributed by atoms with van der Waals surface area (Å²) in [7, 11) is 0. The van der Waals surface area contributed by atoms with E-state index in [2.05, 4.69) is 24.1 Å². The number of hydrogen-bond donors (Lipinski definition) is 1. The summed E-state index contributed by atoms with van der Waals surface area (Å²) in [6.45, 7) is 8.13. The van der Waals surface area contributed by atoms with Crippen LogP contribution in [0.4, 0.5) is 0 Å². The first kappa shape index (κ1) is 13.4. The van der Waals surface area contributed by atoms with Gasteiger partial charge in [0.2, 0.25) is 5.91 Å². The van der Waals surface area contributed by atoms with Crippen molar-refractivity contribution in [2.75, 3.05) is 19.6 Å². The topological polar surface area (TPSA) is 32.3 Å². The Bertz CT molecular complexity index is 334. The lowest BCUT2D eigenvalue weighted by molar-refractivity contribution is -0.123. The molecule has 3 nitrogen and oxygen atoms in total. The molecule has 2 saturated carbocycles. The van der Waals surface area contributed by atoms with Gasteiger partial charge in [0.15, 0.2) is 0 Å². The van der Waals surface area contributed by atoms with Gasteiger partial charge in [-0.15, -0.1) is 0 Å². The molecule has 0 aromatic carbocycles. The van der Waals surface area contributed by atoms with E-state index in [1.54, 1.807) is 0 Å². The fraction of sp³-hybridized carbons (Fsp3) is 0.938. The van der Waals surface area contributed by atoms with E-state index in [9.17, 15) is 4.79 Å². The minimum Gasteiger partial charge on any atom is -0.352 e. The number of rotatable bonds is 5. The summed E-state index contributed by atoms with van der Waals surface area (Å²) < 4.78 is 0. The predicted molar refractivity (Wildman–Crippen MR) is 76.8 cm³/mol. The zero-order valence-corrected chi connectivity index (χ0v) is 12.4. The van der Waals surface area contributed by atoms with Gasteiger partial charge in [-0.25, -0.2) is 0 Å². The van der Waals surface area contributed by atoms with Crippen LogP contribution in [0.2, 0.25) is 0 Å². The van der Waals surface area contributed by atoms with Crippen LogP contribution in [0.3, 0.4) is 0 Å². The molecule has 1 heterocycles. The van der Waals surface area contributed by atoms with E-state index in [1.807, 2.05) is 0 Å². The molecular weight excluding hydrogens is 236 g/mol. The average Bonchev–Trinajstić information content (AvgIpc) is 3.07. The largest absolute Gasteiger partial charge is 0.352 e. The molecule has 1 saturated heterocycles. The summed E-state index contributed by atoms with van der Waals surface area (Å²) in [4.78, 5) is 14.6. The summed E-state index contributed by atoms with van der Waals surface area (Å²) in [6, 6.07) is 0.396. The van der Waals surface area contributed by atoms with Crippen molar-refractivity contribution in [2.45, 2.75) is 52.0 Å². The lowest BCUT2D eigenvalue weighted by atomic mass is 9.85. The first-order valence-corrected chi connectivity index (χ1v) is 8.16. The maximum absolute atomic E-state index is 12.0. The van der Waals surface area contributed by atoms with Crippen LogP contribution in [0.5, 0.6) is 0 Å². The van der Waals surface area contributed by atoms with Crippen molar-refractivity contribution in [1.29, 1.82) is 0 Å². The Morgan fingerprint density at radius 2 is 1.95 bits per heavy atom. The Morgan fingerprint density at radius 3 is 2.47 bits per heavy atom. The van der Waals surface area contributed by atoms with Crippen LogP contribution in [0.1, 0.15) is 46.0 Å². The third-order valence-corrected chi connectivity index (χ3v) is 5.31. The number of nitrogens with one attached hydrogen (secondary N) is 1. The van der Waals surface area contributed by atoms with E-state index < -0.39 is 0 Å². The molecule has 0 unspecified atom stereocenters. The van der Waals surface area contributed by atoms with E-state index in [4.69, 9.17) is 0 Å². The SMILES string of the molecule is CC(C)[C@@H]1CN(CC2CCC2)C[C@H]1NC(=O)C1CC1. The van der Waals surface area contributed by atoms with E-state index in [-0.39, 0.29) is 0 Å². The summed E-state index contributed by atoms with van der Waals surface area (Å²) in [5.74, 6) is 2.90. The second-order valence-corrected chi connectivity index (χ2v) is 7.31. The molecule has 19 heavy (non-hydrogen) atoms. The van der Waals surface area contributed by atoms with Crippen molar-refractivity contribution in [1.82, 2.24) is 10.2 Å². The second-order valence-electron chi connectivity index (χ2n) is 7.31. The molecule has 2 atom stereocenters. The molecule has 0 bridgehead atoms. The molecule has 0 aromatic heterocycles. The zero-order valence-electron chi connectivity index (χ0n) is 12.4. The molecule has 3 rings (SSSR count). The highest BCUT2D eigenvalue weighted by molar-refractivity contribution is 5.81. The van der Waals surface area contributed by atoms with Crippen molar-refractivity contribution < 1.29 is 4.79 Å². The summed E-state index contributed by atoms with van der Waals surface area (Å²) >= 11 is 0. The highest BCUT2D eigenvalue weighted by Crippen LogP contribution is 2.33. The van der Waals surface area contributed by atoms with Gasteiger partial charge in [0.1, 0.15) is 0 Å². The third kappa shape index (κ3) is 3.13. The predicted octanol–water partition coefficient (Wildman–Crippen LogP) is 2.27. The Balaban J connectivity index is 1.54. The fourth-order valence-electron chi connectivity index (χ4n) is 3.58. The van der Waals surface area contributed by atoms with Crippen LogP contribution in [-0.4, -0.2) is 36.5 Å².